The van der Waals surface area contributed by atoms with E-state index in [0.717, 1.165) is 73.9 Å². The van der Waals surface area contributed by atoms with Crippen molar-refractivity contribution >= 4 is 11.9 Å². The molecule has 4 bridgehead atoms. The lowest BCUT2D eigenvalue weighted by Gasteiger charge is -2.75. The van der Waals surface area contributed by atoms with E-state index in [9.17, 15) is 5.11 Å². The Balaban J connectivity index is 0.940. The van der Waals surface area contributed by atoms with Crippen molar-refractivity contribution in [3.8, 4) is 11.8 Å². The van der Waals surface area contributed by atoms with Crippen LogP contribution in [-0.4, -0.2) is 64.6 Å². The molecule has 8 nitrogen and oxygen atoms in total. The lowest BCUT2D eigenvalue weighted by Crippen LogP contribution is -2.78. The predicted molar refractivity (Wildman–Crippen MR) is 301 cm³/mol. The number of piperidine rings is 3. The summed E-state index contributed by atoms with van der Waals surface area (Å²) in [6.45, 7) is 5.45. The van der Waals surface area contributed by atoms with Crippen LogP contribution in [0.4, 0.5) is 0 Å². The lowest BCUT2D eigenvalue weighted by molar-refractivity contribution is -0.284. The fourth-order valence-corrected chi connectivity index (χ4v) is 27.1. The van der Waals surface area contributed by atoms with E-state index in [4.69, 9.17) is 15.2 Å². The largest absolute Gasteiger partial charge is 0.508 e. The molecular formula is C71H87N3O5. The molecule has 1 aromatic rings. The first-order valence-electron chi connectivity index (χ1n) is 33.5. The highest BCUT2D eigenvalue weighted by Crippen LogP contribution is 2.90. The molecule has 3 N–H and O–H groups in total. The first-order chi connectivity index (χ1) is 38.6. The number of carbonyl (C=O) groups excluding carboxylic acids is 2. The standard InChI is InChI=1S/C71H87N3O5/c1-39-29-45-18-19-52-47-31-48-38-73(52)61(45)59-50-21-27-69-63-62(75)56-44(32-53(48)74(37-47)60(56)49-34-66(22-5-6-23-66)67(35-49)24-7-8-25-67)14-9-13-42-17-16-41(15-10-28-72)55-57(42)71(69,79-64(55)76)54-33-46(40-11-3-2-4-12-40)30-43-20-26-68(39,59)36-51(43)58(50)70(54,69)65(77)78-63/h16-17,30,39-40,44,46-49,51-54,56,59-60,75H,2-8,10-13,15,18-29,31-38,72H2,1H3. The summed E-state index contributed by atoms with van der Waals surface area (Å²) in [6.07, 6.45) is 36.2. The molecular weight excluding hydrogens is 975 g/mol. The van der Waals surface area contributed by atoms with Crippen molar-refractivity contribution in [2.45, 2.75) is 217 Å². The molecule has 11 aliphatic carbocycles. The molecule has 1 aromatic carbocycles. The summed E-state index contributed by atoms with van der Waals surface area (Å²) in [4.78, 5) is 39.3. The number of rotatable bonds is 5. The molecule has 0 aromatic heterocycles. The number of esters is 2. The minimum Gasteiger partial charge on any atom is -0.508 e. The summed E-state index contributed by atoms with van der Waals surface area (Å²) in [5, 5.41) is 14.8. The van der Waals surface area contributed by atoms with Crippen molar-refractivity contribution in [2.24, 2.45) is 97.9 Å². The molecule has 6 aliphatic heterocycles. The van der Waals surface area contributed by atoms with E-state index in [1.165, 1.54) is 134 Å². The van der Waals surface area contributed by atoms with E-state index >= 15 is 9.59 Å². The number of aliphatic hydroxyl groups is 1. The van der Waals surface area contributed by atoms with Crippen molar-refractivity contribution in [1.29, 1.82) is 0 Å². The van der Waals surface area contributed by atoms with Crippen LogP contribution in [0.25, 0.3) is 0 Å². The molecule has 79 heavy (non-hydrogen) atoms. The fourth-order valence-electron chi connectivity index (χ4n) is 27.1. The van der Waals surface area contributed by atoms with Gasteiger partial charge in [-0.2, -0.15) is 0 Å². The minimum atomic E-state index is -1.19. The number of hydrogen-bond donors (Lipinski definition) is 2. The zero-order valence-electron chi connectivity index (χ0n) is 47.5. The Morgan fingerprint density at radius 2 is 1.62 bits per heavy atom. The zero-order chi connectivity index (χ0) is 52.3. The van der Waals surface area contributed by atoms with Crippen LogP contribution in [0.5, 0.6) is 0 Å². The number of benzene rings is 1. The van der Waals surface area contributed by atoms with Crippen LogP contribution in [0.3, 0.4) is 0 Å². The molecule has 0 amide bonds. The number of ether oxygens (including phenoxy) is 2. The fraction of sp³-hybridized carbons (Fsp3) is 0.746. The summed E-state index contributed by atoms with van der Waals surface area (Å²) in [5.74, 6) is 11.3. The van der Waals surface area contributed by atoms with E-state index in [1.807, 2.05) is 0 Å². The zero-order valence-corrected chi connectivity index (χ0v) is 47.5. The van der Waals surface area contributed by atoms with Gasteiger partial charge in [0.1, 0.15) is 11.2 Å². The highest BCUT2D eigenvalue weighted by Gasteiger charge is 2.95. The van der Waals surface area contributed by atoms with Gasteiger partial charge in [-0.05, 0) is 210 Å². The van der Waals surface area contributed by atoms with Crippen molar-refractivity contribution in [2.75, 3.05) is 19.6 Å². The van der Waals surface area contributed by atoms with Crippen LogP contribution in [0.2, 0.25) is 0 Å². The first kappa shape index (κ1) is 47.7. The molecule has 6 heterocycles. The van der Waals surface area contributed by atoms with E-state index in [1.54, 1.807) is 22.4 Å². The second-order valence-corrected chi connectivity index (χ2v) is 31.3. The topological polar surface area (TPSA) is 105 Å². The molecule has 6 saturated carbocycles. The van der Waals surface area contributed by atoms with Gasteiger partial charge in [0.2, 0.25) is 0 Å². The van der Waals surface area contributed by atoms with Crippen molar-refractivity contribution in [3.05, 3.63) is 80.0 Å². The molecule has 416 valence electrons. The van der Waals surface area contributed by atoms with Gasteiger partial charge in [0.15, 0.2) is 11.4 Å². The van der Waals surface area contributed by atoms with Crippen LogP contribution in [0.1, 0.15) is 207 Å². The van der Waals surface area contributed by atoms with Crippen LogP contribution >= 0.6 is 0 Å². The van der Waals surface area contributed by atoms with Gasteiger partial charge >= 0.3 is 11.9 Å². The molecule has 16 atom stereocenters. The van der Waals surface area contributed by atoms with E-state index < -0.39 is 16.4 Å². The molecule has 8 heteroatoms. The van der Waals surface area contributed by atoms with Crippen LogP contribution in [0.15, 0.2) is 57.7 Å². The summed E-state index contributed by atoms with van der Waals surface area (Å²) >= 11 is 0. The molecule has 10 fully saturated rings. The van der Waals surface area contributed by atoms with Crippen molar-refractivity contribution in [3.63, 3.8) is 0 Å². The summed E-state index contributed by atoms with van der Waals surface area (Å²) in [6, 6.07) is 5.56. The second-order valence-electron chi connectivity index (χ2n) is 31.3. The molecule has 18 rings (SSSR count). The van der Waals surface area contributed by atoms with Gasteiger partial charge in [-0.1, -0.05) is 98.6 Å². The number of hydrogen-bond acceptors (Lipinski definition) is 8. The van der Waals surface area contributed by atoms with Crippen LogP contribution in [0, 0.1) is 104 Å². The predicted octanol–water partition coefficient (Wildman–Crippen LogP) is 13.1. The Morgan fingerprint density at radius 1 is 0.823 bits per heavy atom. The van der Waals surface area contributed by atoms with E-state index in [2.05, 4.69) is 46.8 Å². The summed E-state index contributed by atoms with van der Waals surface area (Å²) in [5.41, 5.74) is 15.8. The third-order valence-corrected chi connectivity index (χ3v) is 29.4. The molecule has 0 radical (unpaired) electrons. The SMILES string of the molecule is CC1CC2=C3C4C5=C6C7CC14CCC7=CC(C1CCCCC1)CC1C64C(=O)OC6=C(O)C7C(C#CCc8ccc(CCCN)c9c8C1(OC9=O)C64CC5)CC1C4CC(CN1C7C1CC5(CCCC5)C5(CCCC5)C1)C(CC2)N3C4. The summed E-state index contributed by atoms with van der Waals surface area (Å²) < 4.78 is 15.4. The average molecular weight is 1060 g/mol. The maximum Gasteiger partial charge on any atom is 0.339 e. The van der Waals surface area contributed by atoms with Gasteiger partial charge in [-0.25, -0.2) is 4.79 Å². The number of fused-ring (bicyclic) bond motifs is 11. The number of allylic oxidation sites excluding steroid dienone is 4. The Bertz CT molecular complexity index is 3130. The van der Waals surface area contributed by atoms with Gasteiger partial charge < -0.3 is 25.2 Å². The second kappa shape index (κ2) is 15.9. The normalized spacial score (nSPS) is 46.5. The Kier molecular flexibility index (Phi) is 9.58. The van der Waals surface area contributed by atoms with Crippen molar-refractivity contribution in [1.82, 2.24) is 9.80 Å². The first-order valence-corrected chi connectivity index (χ1v) is 33.5. The Morgan fingerprint density at radius 3 is 2.42 bits per heavy atom. The van der Waals surface area contributed by atoms with Gasteiger partial charge in [-0.15, -0.1) is 0 Å². The Labute approximate surface area is 469 Å². The molecule has 6 spiro atoms. The van der Waals surface area contributed by atoms with E-state index in [-0.39, 0.29) is 58.9 Å². The number of carbonyl (C=O) groups is 2. The third kappa shape index (κ3) is 5.34. The minimum absolute atomic E-state index is 0.0839. The molecule has 17 aliphatic rings. The van der Waals surface area contributed by atoms with Crippen molar-refractivity contribution < 1.29 is 24.2 Å². The van der Waals surface area contributed by atoms with Crippen LogP contribution < -0.4 is 5.73 Å². The average Bonchev–Trinajstić information content (AvgIpc) is 1.61. The van der Waals surface area contributed by atoms with Gasteiger partial charge in [0.25, 0.3) is 0 Å². The van der Waals surface area contributed by atoms with Gasteiger partial charge in [0.05, 0.1) is 11.0 Å². The molecule has 16 unspecified atom stereocenters. The maximum absolute atomic E-state index is 17.2. The number of aliphatic hydroxyl groups excluding tert-OH is 1. The smallest absolute Gasteiger partial charge is 0.339 e. The highest BCUT2D eigenvalue weighted by molar-refractivity contribution is 6.01. The van der Waals surface area contributed by atoms with Gasteiger partial charge in [0, 0.05) is 78.5 Å². The number of nitrogens with two attached hydrogens (primary N) is 1. The van der Waals surface area contributed by atoms with E-state index in [0.29, 0.717) is 89.8 Å². The van der Waals surface area contributed by atoms with Crippen LogP contribution in [-0.2, 0) is 32.7 Å². The quantitative estimate of drug-likeness (QED) is 0.171. The number of nitrogens with zero attached hydrogens (tertiary/aromatic N) is 2. The maximum atomic E-state index is 17.2. The third-order valence-electron chi connectivity index (χ3n) is 29.4. The molecule has 4 saturated heterocycles. The Hall–Kier alpha value is -3.80. The van der Waals surface area contributed by atoms with Gasteiger partial charge in [-0.3, -0.25) is 9.69 Å². The lowest BCUT2D eigenvalue weighted by atomic mass is 9.26. The number of aryl methyl sites for hydroxylation is 1. The summed E-state index contributed by atoms with van der Waals surface area (Å²) in [7, 11) is 0. The highest BCUT2D eigenvalue weighted by atomic mass is 16.6. The monoisotopic (exact) mass is 1060 g/mol.